The molecule has 0 radical (unpaired) electrons. The van der Waals surface area contributed by atoms with E-state index in [-0.39, 0.29) is 24.0 Å². The number of hydrogen-bond acceptors (Lipinski definition) is 4. The lowest BCUT2D eigenvalue weighted by Crippen LogP contribution is -2.38. The monoisotopic (exact) mass is 448 g/mol. The molecule has 1 aromatic heterocycles. The van der Waals surface area contributed by atoms with Crippen molar-refractivity contribution in [2.24, 2.45) is 7.05 Å². The van der Waals surface area contributed by atoms with Crippen LogP contribution in [-0.4, -0.2) is 27.9 Å². The van der Waals surface area contributed by atoms with E-state index in [0.717, 1.165) is 16.7 Å². The maximum Gasteiger partial charge on any atom is 0.258 e. The Hall–Kier alpha value is -3.22. The summed E-state index contributed by atoms with van der Waals surface area (Å²) in [6.07, 6.45) is 6.96. The number of aliphatic hydroxyl groups excluding tert-OH is 1. The average Bonchev–Trinajstić information content (AvgIpc) is 2.85. The van der Waals surface area contributed by atoms with Crippen LogP contribution in [0.2, 0.25) is 0 Å². The lowest BCUT2D eigenvalue weighted by molar-refractivity contribution is -0.0887. The van der Waals surface area contributed by atoms with Gasteiger partial charge in [0.1, 0.15) is 18.1 Å². The lowest BCUT2D eigenvalue weighted by Gasteiger charge is -2.40. The van der Waals surface area contributed by atoms with E-state index in [0.29, 0.717) is 25.1 Å². The first-order chi connectivity index (χ1) is 15.9. The van der Waals surface area contributed by atoms with Gasteiger partial charge in [-0.2, -0.15) is 0 Å². The molecule has 0 bridgehead atoms. The van der Waals surface area contributed by atoms with Gasteiger partial charge in [-0.1, -0.05) is 36.4 Å². The van der Waals surface area contributed by atoms with Crippen LogP contribution < -0.4 is 5.56 Å². The number of ether oxygens (including phenoxy) is 1. The van der Waals surface area contributed by atoms with E-state index in [1.165, 1.54) is 12.1 Å². The Morgan fingerprint density at radius 3 is 2.48 bits per heavy atom. The van der Waals surface area contributed by atoms with Crippen molar-refractivity contribution >= 4 is 0 Å². The van der Waals surface area contributed by atoms with E-state index < -0.39 is 5.60 Å². The van der Waals surface area contributed by atoms with Crippen molar-refractivity contribution in [2.75, 3.05) is 13.3 Å². The molecule has 172 valence electrons. The number of aromatic nitrogens is 1. The molecule has 1 aliphatic rings. The largest absolute Gasteiger partial charge is 0.396 e. The predicted molar refractivity (Wildman–Crippen MR) is 127 cm³/mol. The summed E-state index contributed by atoms with van der Waals surface area (Å²) in [6, 6.07) is 18.1. The summed E-state index contributed by atoms with van der Waals surface area (Å²) < 4.78 is 21.3. The molecule has 33 heavy (non-hydrogen) atoms. The van der Waals surface area contributed by atoms with Gasteiger partial charge in [-0.25, -0.2) is 4.39 Å². The van der Waals surface area contributed by atoms with Crippen molar-refractivity contribution < 1.29 is 14.2 Å². The maximum atomic E-state index is 13.4. The van der Waals surface area contributed by atoms with Crippen LogP contribution in [0.1, 0.15) is 36.9 Å². The quantitative estimate of drug-likeness (QED) is 0.568. The number of pyridine rings is 1. The maximum absolute atomic E-state index is 13.4. The third-order valence-corrected chi connectivity index (χ3v) is 6.37. The van der Waals surface area contributed by atoms with Gasteiger partial charge in [0, 0.05) is 31.6 Å². The van der Waals surface area contributed by atoms with E-state index in [1.54, 1.807) is 29.9 Å². The summed E-state index contributed by atoms with van der Waals surface area (Å²) in [6.45, 7) is 2.53. The fourth-order valence-corrected chi connectivity index (χ4v) is 4.24. The first-order valence-electron chi connectivity index (χ1n) is 11.2. The zero-order chi connectivity index (χ0) is 23.4. The highest BCUT2D eigenvalue weighted by molar-refractivity contribution is 5.62. The van der Waals surface area contributed by atoms with Gasteiger partial charge in [-0.05, 0) is 66.8 Å². The van der Waals surface area contributed by atoms with Crippen LogP contribution >= 0.6 is 0 Å². The predicted octanol–water partition coefficient (Wildman–Crippen LogP) is 4.72. The van der Waals surface area contributed by atoms with Crippen LogP contribution in [0.4, 0.5) is 4.39 Å². The Balaban J connectivity index is 1.54. The van der Waals surface area contributed by atoms with Gasteiger partial charge in [0.2, 0.25) is 0 Å². The summed E-state index contributed by atoms with van der Waals surface area (Å²) in [5.41, 5.74) is 2.82. The number of hydrogen-bond donors (Lipinski definition) is 1. The summed E-state index contributed by atoms with van der Waals surface area (Å²) in [7, 11) is 1.75. The molecule has 0 saturated heterocycles. The Bertz CT molecular complexity index is 1170. The van der Waals surface area contributed by atoms with Crippen molar-refractivity contribution in [3.05, 3.63) is 106 Å². The lowest BCUT2D eigenvalue weighted by atomic mass is 9.88. The van der Waals surface area contributed by atoms with Crippen LogP contribution in [0.5, 0.6) is 0 Å². The molecule has 4 rings (SSSR count). The van der Waals surface area contributed by atoms with Crippen molar-refractivity contribution in [2.45, 2.75) is 31.4 Å². The molecule has 3 aromatic rings. The molecule has 6 heteroatoms. The van der Waals surface area contributed by atoms with Crippen LogP contribution in [0, 0.1) is 5.82 Å². The molecule has 0 unspecified atom stereocenters. The second-order valence-corrected chi connectivity index (χ2v) is 8.46. The number of aryl methyl sites for hydroxylation is 1. The fourth-order valence-electron chi connectivity index (χ4n) is 4.24. The van der Waals surface area contributed by atoms with Crippen molar-refractivity contribution in [1.29, 1.82) is 0 Å². The van der Waals surface area contributed by atoms with Gasteiger partial charge in [0.05, 0.1) is 6.04 Å². The molecule has 0 spiro atoms. The first-order valence-corrected chi connectivity index (χ1v) is 11.2. The molecular formula is C27H29FN2O3. The molecule has 2 atom stereocenters. The minimum absolute atomic E-state index is 0.0225. The molecule has 2 heterocycles. The molecule has 0 fully saturated rings. The van der Waals surface area contributed by atoms with Crippen molar-refractivity contribution in [3.8, 4) is 11.1 Å². The molecule has 5 nitrogen and oxygen atoms in total. The molecule has 1 aliphatic heterocycles. The topological polar surface area (TPSA) is 54.7 Å². The highest BCUT2D eigenvalue weighted by atomic mass is 19.1. The van der Waals surface area contributed by atoms with Gasteiger partial charge in [-0.15, -0.1) is 0 Å². The van der Waals surface area contributed by atoms with E-state index in [9.17, 15) is 14.3 Å². The zero-order valence-corrected chi connectivity index (χ0v) is 18.9. The second kappa shape index (κ2) is 9.73. The number of aliphatic hydroxyl groups is 1. The van der Waals surface area contributed by atoms with E-state index in [2.05, 4.69) is 11.8 Å². The van der Waals surface area contributed by atoms with Gasteiger partial charge < -0.3 is 19.3 Å². The zero-order valence-electron chi connectivity index (χ0n) is 18.9. The average molecular weight is 449 g/mol. The first kappa shape index (κ1) is 23.0. The fraction of sp³-hybridized carbons (Fsp3) is 0.296. The highest BCUT2D eigenvalue weighted by Crippen LogP contribution is 2.37. The molecular weight excluding hydrogens is 419 g/mol. The summed E-state index contributed by atoms with van der Waals surface area (Å²) in [5.74, 6) is -0.289. The summed E-state index contributed by atoms with van der Waals surface area (Å²) in [5, 5.41) is 9.36. The van der Waals surface area contributed by atoms with E-state index in [4.69, 9.17) is 4.74 Å². The van der Waals surface area contributed by atoms with E-state index in [1.807, 2.05) is 48.7 Å². The standard InChI is InChI=1S/C27H29FN2O3/c1-20(21-6-8-22(9-7-21)25-5-3-16-29(2)26(25)32)30-17-15-27(33-19-30,14-4-18-31)23-10-12-24(28)13-11-23/h3,5-13,15-17,20,31H,4,14,18-19H2,1-2H3/t20-,27+/m0/s1. The van der Waals surface area contributed by atoms with Crippen LogP contribution in [-0.2, 0) is 17.4 Å². The second-order valence-electron chi connectivity index (χ2n) is 8.46. The minimum atomic E-state index is -0.691. The number of rotatable bonds is 7. The van der Waals surface area contributed by atoms with E-state index >= 15 is 0 Å². The van der Waals surface area contributed by atoms with Crippen molar-refractivity contribution in [3.63, 3.8) is 0 Å². The minimum Gasteiger partial charge on any atom is -0.396 e. The molecule has 0 aliphatic carbocycles. The molecule has 0 saturated carbocycles. The molecule has 2 aromatic carbocycles. The van der Waals surface area contributed by atoms with Gasteiger partial charge >= 0.3 is 0 Å². The number of benzene rings is 2. The SMILES string of the molecule is C[C@@H](c1ccc(-c2cccn(C)c2=O)cc1)N1C=C[C@](CCCO)(c2ccc(F)cc2)OC1. The third-order valence-electron chi connectivity index (χ3n) is 6.37. The van der Waals surface area contributed by atoms with Gasteiger partial charge in [0.15, 0.2) is 0 Å². The summed E-state index contributed by atoms with van der Waals surface area (Å²) >= 11 is 0. The summed E-state index contributed by atoms with van der Waals surface area (Å²) in [4.78, 5) is 14.5. The highest BCUT2D eigenvalue weighted by Gasteiger charge is 2.34. The number of nitrogens with zero attached hydrogens (tertiary/aromatic N) is 2. The number of halogens is 1. The van der Waals surface area contributed by atoms with Gasteiger partial charge in [0.25, 0.3) is 5.56 Å². The molecule has 1 N–H and O–H groups in total. The molecule has 0 amide bonds. The normalized spacial score (nSPS) is 19.0. The Labute approximate surface area is 193 Å². The Morgan fingerprint density at radius 2 is 1.85 bits per heavy atom. The third kappa shape index (κ3) is 4.77. The smallest absolute Gasteiger partial charge is 0.258 e. The van der Waals surface area contributed by atoms with Crippen LogP contribution in [0.25, 0.3) is 11.1 Å². The van der Waals surface area contributed by atoms with Crippen molar-refractivity contribution in [1.82, 2.24) is 9.47 Å². The Kier molecular flexibility index (Phi) is 6.77. The Morgan fingerprint density at radius 1 is 1.12 bits per heavy atom. The van der Waals surface area contributed by atoms with Crippen LogP contribution in [0.3, 0.4) is 0 Å². The van der Waals surface area contributed by atoms with Crippen LogP contribution in [0.15, 0.2) is 83.9 Å². The van der Waals surface area contributed by atoms with Gasteiger partial charge in [-0.3, -0.25) is 4.79 Å².